The molecule has 3 rings (SSSR count). The highest BCUT2D eigenvalue weighted by Gasteiger charge is 2.15. The predicted octanol–water partition coefficient (Wildman–Crippen LogP) is 4.51. The van der Waals surface area contributed by atoms with Crippen LogP contribution in [-0.4, -0.2) is 47.7 Å². The number of hydrogen-bond donors (Lipinski definition) is 3. The maximum atomic E-state index is 12.6. The summed E-state index contributed by atoms with van der Waals surface area (Å²) in [5.74, 6) is 0.610. The van der Waals surface area contributed by atoms with Crippen molar-refractivity contribution in [2.75, 3.05) is 36.8 Å². The number of aromatic nitrogens is 1. The number of benzene rings is 1. The average Bonchev–Trinajstić information content (AvgIpc) is 3.19. The van der Waals surface area contributed by atoms with Gasteiger partial charge in [0.1, 0.15) is 10.7 Å². The number of rotatable bonds is 7. The van der Waals surface area contributed by atoms with Gasteiger partial charge < -0.3 is 20.9 Å². The van der Waals surface area contributed by atoms with E-state index in [4.69, 9.17) is 11.6 Å². The summed E-state index contributed by atoms with van der Waals surface area (Å²) >= 11 is 7.46. The molecule has 164 valence electrons. The zero-order valence-corrected chi connectivity index (χ0v) is 19.5. The second-order valence-corrected chi connectivity index (χ2v) is 8.80. The van der Waals surface area contributed by atoms with Crippen LogP contribution in [0.15, 0.2) is 53.6 Å². The zero-order chi connectivity index (χ0) is 22.4. The molecule has 7 nitrogen and oxygen atoms in total. The normalized spacial score (nSPS) is 14.2. The predicted molar refractivity (Wildman–Crippen MR) is 130 cm³/mol. The van der Waals surface area contributed by atoms with Gasteiger partial charge in [-0.1, -0.05) is 41.6 Å². The van der Waals surface area contributed by atoms with Crippen LogP contribution in [0.1, 0.15) is 29.1 Å². The Bertz CT molecular complexity index is 999. The number of carbonyl (C=O) groups excluding carboxylic acids is 1. The molecule has 0 saturated carbocycles. The molecule has 0 radical (unpaired) electrons. The lowest BCUT2D eigenvalue weighted by Gasteiger charge is -2.29. The molecule has 1 aliphatic rings. The molecule has 2 aromatic rings. The van der Waals surface area contributed by atoms with Crippen molar-refractivity contribution in [1.82, 2.24) is 15.2 Å². The summed E-state index contributed by atoms with van der Waals surface area (Å²) in [6, 6.07) is 5.49. The lowest BCUT2D eigenvalue weighted by Crippen LogP contribution is -2.42. The van der Waals surface area contributed by atoms with Crippen LogP contribution in [0, 0.1) is 6.92 Å². The van der Waals surface area contributed by atoms with E-state index in [0.717, 1.165) is 43.3 Å². The van der Waals surface area contributed by atoms with Gasteiger partial charge in [-0.2, -0.15) is 0 Å². The summed E-state index contributed by atoms with van der Waals surface area (Å²) in [5, 5.41) is 10.5. The highest BCUT2D eigenvalue weighted by molar-refractivity contribution is 7.17. The number of anilines is 2. The van der Waals surface area contributed by atoms with Crippen molar-refractivity contribution in [2.45, 2.75) is 20.8 Å². The molecule has 0 bridgehead atoms. The summed E-state index contributed by atoms with van der Waals surface area (Å²) in [4.78, 5) is 24.3. The molecular formula is C22H27ClN6OS. The van der Waals surface area contributed by atoms with Gasteiger partial charge in [0.25, 0.3) is 5.91 Å². The van der Waals surface area contributed by atoms with Crippen LogP contribution >= 0.6 is 22.9 Å². The van der Waals surface area contributed by atoms with Crippen LogP contribution < -0.4 is 16.0 Å². The number of aryl methyl sites for hydroxylation is 1. The Morgan fingerprint density at radius 3 is 2.74 bits per heavy atom. The van der Waals surface area contributed by atoms with Gasteiger partial charge in [0, 0.05) is 43.7 Å². The molecule has 0 unspecified atom stereocenters. The van der Waals surface area contributed by atoms with Crippen LogP contribution in [0.4, 0.5) is 10.8 Å². The summed E-state index contributed by atoms with van der Waals surface area (Å²) < 4.78 is 0. The molecule has 1 saturated heterocycles. The van der Waals surface area contributed by atoms with E-state index in [1.807, 2.05) is 39.0 Å². The molecule has 1 fully saturated rings. The first-order valence-electron chi connectivity index (χ1n) is 10.0. The molecule has 0 atom stereocenters. The maximum Gasteiger partial charge on any atom is 0.267 e. The van der Waals surface area contributed by atoms with E-state index in [2.05, 4.69) is 37.4 Å². The highest BCUT2D eigenvalue weighted by Crippen LogP contribution is 2.27. The maximum absolute atomic E-state index is 12.6. The highest BCUT2D eigenvalue weighted by atomic mass is 35.5. The van der Waals surface area contributed by atoms with E-state index in [0.29, 0.717) is 26.4 Å². The van der Waals surface area contributed by atoms with Gasteiger partial charge in [0.15, 0.2) is 5.13 Å². The molecule has 2 heterocycles. The molecule has 1 aliphatic heterocycles. The second kappa shape index (κ2) is 10.6. The monoisotopic (exact) mass is 458 g/mol. The van der Waals surface area contributed by atoms with Crippen LogP contribution in [-0.2, 0) is 0 Å². The number of allylic oxidation sites excluding steroid dienone is 1. The van der Waals surface area contributed by atoms with Gasteiger partial charge in [0.2, 0.25) is 0 Å². The minimum absolute atomic E-state index is 0.254. The Morgan fingerprint density at radius 2 is 2.06 bits per heavy atom. The number of aliphatic imine (C=N–C) groups is 1. The molecular weight excluding hydrogens is 432 g/mol. The van der Waals surface area contributed by atoms with Crippen molar-refractivity contribution in [3.63, 3.8) is 0 Å². The standard InChI is InChI=1S/C22H27ClN6OS/c1-14(2)26-19(29-10-8-24-9-11-29)12-16(4)27-22-25-13-18(31-22)21(30)28-20-15(3)6-5-7-17(20)23/h5-7,12-13,24H,4,8-11H2,1-3H3,(H,25,27)(H,28,30)/b19-12+. The van der Waals surface area contributed by atoms with Crippen molar-refractivity contribution < 1.29 is 4.79 Å². The Balaban J connectivity index is 1.69. The molecule has 1 aromatic heterocycles. The number of nitrogens with zero attached hydrogens (tertiary/aromatic N) is 3. The number of hydrogen-bond acceptors (Lipinski definition) is 7. The summed E-state index contributed by atoms with van der Waals surface area (Å²) in [5.41, 5.74) is 3.13. The third kappa shape index (κ3) is 6.40. The molecule has 0 spiro atoms. The molecule has 1 amide bonds. The fourth-order valence-corrected chi connectivity index (χ4v) is 4.06. The van der Waals surface area contributed by atoms with Gasteiger partial charge in [-0.25, -0.2) is 9.98 Å². The lowest BCUT2D eigenvalue weighted by molar-refractivity contribution is 0.103. The minimum atomic E-state index is -0.254. The molecule has 31 heavy (non-hydrogen) atoms. The third-order valence-electron chi connectivity index (χ3n) is 4.54. The first-order valence-corrected chi connectivity index (χ1v) is 11.2. The fraction of sp³-hybridized carbons (Fsp3) is 0.318. The van der Waals surface area contributed by atoms with Crippen molar-refractivity contribution >= 4 is 45.4 Å². The quantitative estimate of drug-likeness (QED) is 0.420. The van der Waals surface area contributed by atoms with E-state index in [1.54, 1.807) is 6.07 Å². The number of amides is 1. The van der Waals surface area contributed by atoms with E-state index in [1.165, 1.54) is 17.5 Å². The van der Waals surface area contributed by atoms with Crippen molar-refractivity contribution in [3.05, 3.63) is 64.0 Å². The summed E-state index contributed by atoms with van der Waals surface area (Å²) in [7, 11) is 0. The van der Waals surface area contributed by atoms with Gasteiger partial charge in [-0.3, -0.25) is 4.79 Å². The van der Waals surface area contributed by atoms with Gasteiger partial charge in [-0.05, 0) is 32.4 Å². The summed E-state index contributed by atoms with van der Waals surface area (Å²) in [6.07, 6.45) is 3.45. The third-order valence-corrected chi connectivity index (χ3v) is 5.77. The Labute approximate surface area is 191 Å². The van der Waals surface area contributed by atoms with Crippen molar-refractivity contribution in [1.29, 1.82) is 0 Å². The molecule has 3 N–H and O–H groups in total. The SMILES string of the molecule is C=C(/C=C(\N=C(C)C)N1CCNCC1)Nc1ncc(C(=O)Nc2c(C)cccc2Cl)s1. The van der Waals surface area contributed by atoms with Crippen molar-refractivity contribution in [2.24, 2.45) is 4.99 Å². The van der Waals surface area contributed by atoms with Gasteiger partial charge in [-0.15, -0.1) is 0 Å². The van der Waals surface area contributed by atoms with Crippen molar-refractivity contribution in [3.8, 4) is 0 Å². The van der Waals surface area contributed by atoms with E-state index in [9.17, 15) is 4.79 Å². The largest absolute Gasteiger partial charge is 0.354 e. The Kier molecular flexibility index (Phi) is 7.84. The number of nitrogens with one attached hydrogen (secondary N) is 3. The van der Waals surface area contributed by atoms with E-state index < -0.39 is 0 Å². The van der Waals surface area contributed by atoms with Gasteiger partial charge in [0.05, 0.1) is 16.9 Å². The molecule has 1 aromatic carbocycles. The molecule has 0 aliphatic carbocycles. The average molecular weight is 459 g/mol. The van der Waals surface area contributed by atoms with Crippen LogP contribution in [0.25, 0.3) is 0 Å². The number of piperazine rings is 1. The first-order chi connectivity index (χ1) is 14.8. The summed E-state index contributed by atoms with van der Waals surface area (Å²) in [6.45, 7) is 13.5. The lowest BCUT2D eigenvalue weighted by atomic mass is 10.2. The van der Waals surface area contributed by atoms with Crippen LogP contribution in [0.2, 0.25) is 5.02 Å². The minimum Gasteiger partial charge on any atom is -0.354 e. The zero-order valence-electron chi connectivity index (χ0n) is 18.0. The first kappa shape index (κ1) is 23.0. The number of thiazole rings is 1. The van der Waals surface area contributed by atoms with Gasteiger partial charge >= 0.3 is 0 Å². The van der Waals surface area contributed by atoms with Crippen LogP contribution in [0.5, 0.6) is 0 Å². The Hall–Kier alpha value is -2.68. The molecule has 9 heteroatoms. The number of carbonyl (C=O) groups is 1. The van der Waals surface area contributed by atoms with Crippen LogP contribution in [0.3, 0.4) is 0 Å². The number of halogens is 1. The number of para-hydroxylation sites is 1. The second-order valence-electron chi connectivity index (χ2n) is 7.36. The smallest absolute Gasteiger partial charge is 0.267 e. The van der Waals surface area contributed by atoms with E-state index >= 15 is 0 Å². The fourth-order valence-electron chi connectivity index (χ4n) is 3.05. The Morgan fingerprint density at radius 1 is 1.32 bits per heavy atom. The topological polar surface area (TPSA) is 81.7 Å². The van der Waals surface area contributed by atoms with E-state index in [-0.39, 0.29) is 5.91 Å².